The van der Waals surface area contributed by atoms with Gasteiger partial charge in [0, 0.05) is 18.2 Å². The number of rotatable bonds is 4. The fourth-order valence-corrected chi connectivity index (χ4v) is 3.94. The molecule has 0 radical (unpaired) electrons. The number of pyridine rings is 1. The van der Waals surface area contributed by atoms with E-state index >= 15 is 0 Å². The van der Waals surface area contributed by atoms with E-state index in [1.54, 1.807) is 18.7 Å². The zero-order valence-corrected chi connectivity index (χ0v) is 17.9. The van der Waals surface area contributed by atoms with Crippen LogP contribution in [0.1, 0.15) is 37.7 Å². The zero-order valence-electron chi connectivity index (χ0n) is 17.9. The highest BCUT2D eigenvalue weighted by molar-refractivity contribution is 6.00. The van der Waals surface area contributed by atoms with Crippen LogP contribution in [0.4, 0.5) is 16.3 Å². The van der Waals surface area contributed by atoms with Gasteiger partial charge in [-0.3, -0.25) is 9.88 Å². The molecule has 10 nitrogen and oxygen atoms in total. The van der Waals surface area contributed by atoms with Crippen molar-refractivity contribution in [3.63, 3.8) is 0 Å². The van der Waals surface area contributed by atoms with Gasteiger partial charge >= 0.3 is 6.03 Å². The van der Waals surface area contributed by atoms with Crippen LogP contribution in [0.25, 0.3) is 17.2 Å². The van der Waals surface area contributed by atoms with Gasteiger partial charge in [0.05, 0.1) is 5.69 Å². The summed E-state index contributed by atoms with van der Waals surface area (Å²) >= 11 is 0. The third-order valence-corrected chi connectivity index (χ3v) is 5.45. The number of urea groups is 1. The van der Waals surface area contributed by atoms with E-state index in [9.17, 15) is 4.79 Å². The lowest BCUT2D eigenvalue weighted by molar-refractivity contribution is 0.262. The van der Waals surface area contributed by atoms with E-state index < -0.39 is 0 Å². The molecule has 0 aliphatic carbocycles. The Kier molecular flexibility index (Phi) is 5.10. The van der Waals surface area contributed by atoms with Crippen LogP contribution < -0.4 is 10.6 Å². The van der Waals surface area contributed by atoms with Gasteiger partial charge < -0.3 is 9.88 Å². The minimum absolute atomic E-state index is 0.196. The smallest absolute Gasteiger partial charge is 0.310 e. The molecular formula is C22H23N9O. The first-order valence-electron chi connectivity index (χ1n) is 10.6. The largest absolute Gasteiger partial charge is 0.324 e. The van der Waals surface area contributed by atoms with E-state index in [2.05, 4.69) is 36.0 Å². The minimum atomic E-state index is -0.360. The van der Waals surface area contributed by atoms with Crippen molar-refractivity contribution in [1.29, 1.82) is 0 Å². The molecule has 1 aliphatic rings. The number of carbonyl (C=O) groups is 1. The summed E-state index contributed by atoms with van der Waals surface area (Å²) in [7, 11) is 0. The Bertz CT molecular complexity index is 1270. The van der Waals surface area contributed by atoms with Crippen molar-refractivity contribution in [3.05, 3.63) is 60.4 Å². The van der Waals surface area contributed by atoms with Crippen LogP contribution in [-0.2, 0) is 12.8 Å². The summed E-state index contributed by atoms with van der Waals surface area (Å²) in [5.41, 5.74) is 3.46. The summed E-state index contributed by atoms with van der Waals surface area (Å²) < 4.78 is 3.92. The first kappa shape index (κ1) is 19.9. The van der Waals surface area contributed by atoms with Crippen LogP contribution in [-0.4, -0.2) is 40.5 Å². The monoisotopic (exact) mass is 429 g/mol. The van der Waals surface area contributed by atoms with Gasteiger partial charge in [0.25, 0.3) is 0 Å². The van der Waals surface area contributed by atoms with Gasteiger partial charge in [0.15, 0.2) is 5.82 Å². The van der Waals surface area contributed by atoms with Crippen LogP contribution in [0, 0.1) is 0 Å². The van der Waals surface area contributed by atoms with E-state index in [0.29, 0.717) is 17.3 Å². The topological polar surface area (TPSA) is 115 Å². The van der Waals surface area contributed by atoms with Gasteiger partial charge in [-0.15, -0.1) is 20.4 Å². The number of hydrogen-bond donors (Lipinski definition) is 2. The molecule has 1 aliphatic heterocycles. The Hall–Kier alpha value is -4.08. The molecule has 0 saturated heterocycles. The number of benzene rings is 1. The number of carbonyl (C=O) groups excluding carboxylic acids is 1. The first-order chi connectivity index (χ1) is 15.6. The van der Waals surface area contributed by atoms with Crippen LogP contribution in [0.15, 0.2) is 49.1 Å². The van der Waals surface area contributed by atoms with Crippen LogP contribution in [0.2, 0.25) is 0 Å². The highest BCUT2D eigenvalue weighted by atomic mass is 16.2. The fourth-order valence-electron chi connectivity index (χ4n) is 3.94. The summed E-state index contributed by atoms with van der Waals surface area (Å²) in [5, 5.41) is 22.2. The van der Waals surface area contributed by atoms with E-state index in [0.717, 1.165) is 42.0 Å². The van der Waals surface area contributed by atoms with E-state index in [-0.39, 0.29) is 12.1 Å². The summed E-state index contributed by atoms with van der Waals surface area (Å²) in [5.74, 6) is 2.02. The maximum atomic E-state index is 12.8. The van der Waals surface area contributed by atoms with Crippen molar-refractivity contribution < 1.29 is 4.79 Å². The average Bonchev–Trinajstić information content (AvgIpc) is 3.42. The van der Waals surface area contributed by atoms with Gasteiger partial charge in [0.1, 0.15) is 30.0 Å². The normalized spacial score (nSPS) is 12.7. The highest BCUT2D eigenvalue weighted by Gasteiger charge is 2.19. The Morgan fingerprint density at radius 3 is 2.72 bits per heavy atom. The van der Waals surface area contributed by atoms with Crippen LogP contribution in [0.3, 0.4) is 0 Å². The lowest BCUT2D eigenvalue weighted by atomic mass is 10.1. The zero-order chi connectivity index (χ0) is 22.1. The molecule has 2 N–H and O–H groups in total. The summed E-state index contributed by atoms with van der Waals surface area (Å²) in [6.07, 6.45) is 6.02. The maximum absolute atomic E-state index is 12.8. The number of aryl methyl sites for hydroxylation is 1. The van der Waals surface area contributed by atoms with Gasteiger partial charge in [-0.25, -0.2) is 9.78 Å². The minimum Gasteiger partial charge on any atom is -0.310 e. The van der Waals surface area contributed by atoms with Gasteiger partial charge in [-0.2, -0.15) is 0 Å². The molecule has 0 spiro atoms. The average molecular weight is 429 g/mol. The molecule has 162 valence electrons. The van der Waals surface area contributed by atoms with E-state index in [4.69, 9.17) is 0 Å². The summed E-state index contributed by atoms with van der Waals surface area (Å²) in [6, 6.07) is 11.1. The molecule has 10 heteroatoms. The number of nitrogens with zero attached hydrogens (tertiary/aromatic N) is 7. The van der Waals surface area contributed by atoms with E-state index in [1.807, 2.05) is 53.3 Å². The molecule has 0 saturated carbocycles. The molecule has 32 heavy (non-hydrogen) atoms. The molecule has 0 fully saturated rings. The number of nitrogens with one attached hydrogen (secondary N) is 2. The Morgan fingerprint density at radius 2 is 1.84 bits per heavy atom. The summed E-state index contributed by atoms with van der Waals surface area (Å²) in [4.78, 5) is 17.3. The number of aromatic nitrogens is 7. The Balaban J connectivity index is 1.37. The van der Waals surface area contributed by atoms with Crippen molar-refractivity contribution >= 4 is 17.5 Å². The molecule has 0 unspecified atom stereocenters. The fraction of sp³-hybridized carbons (Fsp3) is 0.273. The number of fused-ring (bicyclic) bond motifs is 3. The second kappa shape index (κ2) is 8.22. The summed E-state index contributed by atoms with van der Waals surface area (Å²) in [6.45, 7) is 4.10. The molecule has 4 heterocycles. The lowest BCUT2D eigenvalue weighted by Crippen LogP contribution is -2.21. The molecule has 3 aromatic heterocycles. The molecule has 5 rings (SSSR count). The molecular weight excluding hydrogens is 406 g/mol. The van der Waals surface area contributed by atoms with Crippen molar-refractivity contribution in [2.24, 2.45) is 0 Å². The highest BCUT2D eigenvalue weighted by Crippen LogP contribution is 2.29. The molecule has 1 aromatic carbocycles. The number of hydrogen-bond acceptors (Lipinski definition) is 6. The van der Waals surface area contributed by atoms with Crippen molar-refractivity contribution in [1.82, 2.24) is 34.5 Å². The SMILES string of the molecule is CC(C)n1cnnc1-c1cccc(NC(=O)Nc2cccc3c2CCCc2nncn2-3)n1. The molecule has 0 bridgehead atoms. The van der Waals surface area contributed by atoms with Gasteiger partial charge in [0.2, 0.25) is 0 Å². The van der Waals surface area contributed by atoms with Crippen LogP contribution >= 0.6 is 0 Å². The predicted molar refractivity (Wildman–Crippen MR) is 120 cm³/mol. The Labute approximate surface area is 184 Å². The van der Waals surface area contributed by atoms with Crippen molar-refractivity contribution in [2.75, 3.05) is 10.6 Å². The van der Waals surface area contributed by atoms with Gasteiger partial charge in [-0.1, -0.05) is 12.1 Å². The maximum Gasteiger partial charge on any atom is 0.324 e. The second-order valence-corrected chi connectivity index (χ2v) is 7.92. The van der Waals surface area contributed by atoms with Crippen molar-refractivity contribution in [3.8, 4) is 17.2 Å². The number of anilines is 2. The molecule has 2 amide bonds. The second-order valence-electron chi connectivity index (χ2n) is 7.92. The predicted octanol–water partition coefficient (Wildman–Crippen LogP) is 3.63. The first-order valence-corrected chi connectivity index (χ1v) is 10.6. The van der Waals surface area contributed by atoms with E-state index in [1.165, 1.54) is 0 Å². The third-order valence-electron chi connectivity index (χ3n) is 5.45. The lowest BCUT2D eigenvalue weighted by Gasteiger charge is -2.15. The quantitative estimate of drug-likeness (QED) is 0.512. The molecule has 0 atom stereocenters. The number of amides is 2. The third kappa shape index (κ3) is 3.70. The standard InChI is InChI=1S/C22H23N9O/c1-14(2)30-12-24-29-21(30)17-8-5-10-19(25-17)27-22(32)26-16-7-4-9-18-15(16)6-3-11-20-28-23-13-31(18)20/h4-5,7-10,12-14H,3,6,11H2,1-2H3,(H2,25,26,27,32). The van der Waals surface area contributed by atoms with Gasteiger partial charge in [-0.05, 0) is 56.5 Å². The molecule has 4 aromatic rings. The van der Waals surface area contributed by atoms with Crippen molar-refractivity contribution in [2.45, 2.75) is 39.2 Å². The van der Waals surface area contributed by atoms with Crippen LogP contribution in [0.5, 0.6) is 0 Å². The Morgan fingerprint density at radius 1 is 1.00 bits per heavy atom.